The van der Waals surface area contributed by atoms with Crippen LogP contribution in [0.15, 0.2) is 48.5 Å². The van der Waals surface area contributed by atoms with Crippen LogP contribution in [0.4, 0.5) is 0 Å². The fourth-order valence-electron chi connectivity index (χ4n) is 2.05. The van der Waals surface area contributed by atoms with Crippen molar-refractivity contribution in [2.24, 2.45) is 0 Å². The first-order valence-corrected chi connectivity index (χ1v) is 6.91. The Hall–Kier alpha value is -1.71. The molecular weight excluding hydrogens is 286 g/mol. The number of hydrogen-bond donors (Lipinski definition) is 1. The maximum atomic E-state index is 5.99. The van der Waals surface area contributed by atoms with Crippen LogP contribution in [-0.4, -0.2) is 13.7 Å². The first kappa shape index (κ1) is 17.3. The van der Waals surface area contributed by atoms with Gasteiger partial charge in [-0.2, -0.15) is 0 Å². The third-order valence-electron chi connectivity index (χ3n) is 2.95. The second-order valence-electron chi connectivity index (χ2n) is 4.48. The summed E-state index contributed by atoms with van der Waals surface area (Å²) in [4.78, 5) is 0. The van der Waals surface area contributed by atoms with Crippen molar-refractivity contribution >= 4 is 0 Å². The summed E-state index contributed by atoms with van der Waals surface area (Å²) in [6.45, 7) is 3.91. The molecule has 0 fully saturated rings. The van der Waals surface area contributed by atoms with Crippen LogP contribution >= 0.6 is 0 Å². The van der Waals surface area contributed by atoms with Crippen LogP contribution in [0, 0.1) is 0 Å². The van der Waals surface area contributed by atoms with E-state index in [9.17, 15) is 0 Å². The van der Waals surface area contributed by atoms with Crippen LogP contribution in [0.5, 0.6) is 11.5 Å². The minimum atomic E-state index is 0. The van der Waals surface area contributed by atoms with Gasteiger partial charge in [-0.25, -0.2) is 0 Å². The van der Waals surface area contributed by atoms with E-state index in [1.54, 1.807) is 0 Å². The van der Waals surface area contributed by atoms with Gasteiger partial charge in [0, 0.05) is 12.1 Å². The topological polar surface area (TPSA) is 30.5 Å². The van der Waals surface area contributed by atoms with Gasteiger partial charge in [0.1, 0.15) is 6.61 Å². The number of hydrogen-bond acceptors (Lipinski definition) is 3. The van der Waals surface area contributed by atoms with Crippen molar-refractivity contribution in [2.45, 2.75) is 20.1 Å². The van der Waals surface area contributed by atoms with E-state index in [1.165, 1.54) is 0 Å². The van der Waals surface area contributed by atoms with Crippen LogP contribution < -0.4 is 27.2 Å². The molecule has 0 saturated carbocycles. The van der Waals surface area contributed by atoms with E-state index < -0.39 is 0 Å². The van der Waals surface area contributed by atoms with E-state index >= 15 is 0 Å². The molecule has 0 aliphatic rings. The highest BCUT2D eigenvalue weighted by Crippen LogP contribution is 2.32. The largest absolute Gasteiger partial charge is 1.00 e. The Bertz CT molecular complexity index is 507. The average molecular weight is 307 g/mol. The Morgan fingerprint density at radius 3 is 2.38 bits per heavy atom. The molecule has 0 saturated heterocycles. The van der Waals surface area contributed by atoms with Crippen molar-refractivity contribution in [3.05, 3.63) is 59.7 Å². The van der Waals surface area contributed by atoms with Crippen molar-refractivity contribution in [2.75, 3.05) is 13.7 Å². The number of ether oxygens (including phenoxy) is 2. The van der Waals surface area contributed by atoms with E-state index in [4.69, 9.17) is 9.47 Å². The summed E-state index contributed by atoms with van der Waals surface area (Å²) in [5.74, 6) is 1.63. The Balaban J connectivity index is 0.00000220. The SMILES string of the molecule is CCOc1cccc(CNC)c1OCc1ccccc1.[Cl-]. The van der Waals surface area contributed by atoms with Gasteiger partial charge in [0.05, 0.1) is 6.61 Å². The summed E-state index contributed by atoms with van der Waals surface area (Å²) in [5.41, 5.74) is 2.25. The fraction of sp³-hybridized carbons (Fsp3) is 0.294. The van der Waals surface area contributed by atoms with Gasteiger partial charge in [-0.1, -0.05) is 42.5 Å². The normalized spacial score (nSPS) is 9.81. The van der Waals surface area contributed by atoms with Gasteiger partial charge in [0.2, 0.25) is 0 Å². The summed E-state index contributed by atoms with van der Waals surface area (Å²) >= 11 is 0. The van der Waals surface area contributed by atoms with Crippen molar-refractivity contribution in [1.29, 1.82) is 0 Å². The first-order valence-electron chi connectivity index (χ1n) is 6.91. The molecule has 0 bridgehead atoms. The Labute approximate surface area is 132 Å². The highest BCUT2D eigenvalue weighted by atomic mass is 35.5. The van der Waals surface area contributed by atoms with Gasteiger partial charge in [0.15, 0.2) is 11.5 Å². The Kier molecular flexibility index (Phi) is 7.65. The van der Waals surface area contributed by atoms with Crippen molar-refractivity contribution in [1.82, 2.24) is 5.32 Å². The van der Waals surface area contributed by atoms with Gasteiger partial charge in [0.25, 0.3) is 0 Å². The molecule has 0 heterocycles. The molecule has 2 aromatic rings. The molecule has 2 rings (SSSR count). The lowest BCUT2D eigenvalue weighted by Crippen LogP contribution is -3.00. The first-order chi connectivity index (χ1) is 9.85. The van der Waals surface area contributed by atoms with E-state index in [2.05, 4.69) is 23.5 Å². The molecule has 0 aliphatic carbocycles. The molecule has 4 heteroatoms. The molecule has 21 heavy (non-hydrogen) atoms. The maximum absolute atomic E-state index is 5.99. The molecule has 0 aliphatic heterocycles. The lowest BCUT2D eigenvalue weighted by atomic mass is 10.1. The molecule has 0 aromatic heterocycles. The van der Waals surface area contributed by atoms with E-state index in [0.717, 1.165) is 29.2 Å². The highest BCUT2D eigenvalue weighted by Gasteiger charge is 2.10. The molecule has 114 valence electrons. The second kappa shape index (κ2) is 9.27. The summed E-state index contributed by atoms with van der Waals surface area (Å²) < 4.78 is 11.7. The quantitative estimate of drug-likeness (QED) is 0.803. The summed E-state index contributed by atoms with van der Waals surface area (Å²) in [6.07, 6.45) is 0. The third kappa shape index (κ3) is 4.96. The van der Waals surface area contributed by atoms with Crippen LogP contribution in [0.25, 0.3) is 0 Å². The van der Waals surface area contributed by atoms with Gasteiger partial charge >= 0.3 is 0 Å². The zero-order chi connectivity index (χ0) is 14.2. The Morgan fingerprint density at radius 1 is 0.952 bits per heavy atom. The molecule has 3 nitrogen and oxygen atoms in total. The molecule has 0 unspecified atom stereocenters. The van der Waals surface area contributed by atoms with Gasteiger partial charge in [-0.05, 0) is 25.6 Å². The number of nitrogens with one attached hydrogen (secondary N) is 1. The number of rotatable bonds is 7. The molecule has 0 radical (unpaired) electrons. The van der Waals surface area contributed by atoms with E-state index in [1.807, 2.05) is 44.3 Å². The summed E-state index contributed by atoms with van der Waals surface area (Å²) in [7, 11) is 1.92. The lowest BCUT2D eigenvalue weighted by Gasteiger charge is -2.16. The van der Waals surface area contributed by atoms with Crippen molar-refractivity contribution in [3.63, 3.8) is 0 Å². The molecule has 0 atom stereocenters. The number of benzene rings is 2. The molecule has 1 N–H and O–H groups in total. The van der Waals surface area contributed by atoms with Gasteiger partial charge < -0.3 is 27.2 Å². The van der Waals surface area contributed by atoms with Gasteiger partial charge in [-0.15, -0.1) is 0 Å². The maximum Gasteiger partial charge on any atom is 0.166 e. The standard InChI is InChI=1S/C17H21NO2.ClH/c1-3-19-16-11-7-10-15(12-18-2)17(16)20-13-14-8-5-4-6-9-14;/h4-11,18H,3,12-13H2,1-2H3;1H/p-1. The lowest BCUT2D eigenvalue weighted by molar-refractivity contribution is -0.00000489. The van der Waals surface area contributed by atoms with E-state index in [0.29, 0.717) is 13.2 Å². The fourth-order valence-corrected chi connectivity index (χ4v) is 2.05. The molecule has 0 spiro atoms. The minimum absolute atomic E-state index is 0. The van der Waals surface area contributed by atoms with Crippen LogP contribution in [0.2, 0.25) is 0 Å². The minimum Gasteiger partial charge on any atom is -1.00 e. The number of para-hydroxylation sites is 1. The summed E-state index contributed by atoms with van der Waals surface area (Å²) in [5, 5.41) is 3.16. The Morgan fingerprint density at radius 2 is 1.71 bits per heavy atom. The van der Waals surface area contributed by atoms with Gasteiger partial charge in [-0.3, -0.25) is 0 Å². The predicted molar refractivity (Wildman–Crippen MR) is 81.1 cm³/mol. The average Bonchev–Trinajstić information content (AvgIpc) is 2.48. The third-order valence-corrected chi connectivity index (χ3v) is 2.95. The van der Waals surface area contributed by atoms with Crippen molar-refractivity contribution < 1.29 is 21.9 Å². The molecule has 2 aromatic carbocycles. The zero-order valence-electron chi connectivity index (χ0n) is 12.4. The van der Waals surface area contributed by atoms with Crippen molar-refractivity contribution in [3.8, 4) is 11.5 Å². The van der Waals surface area contributed by atoms with E-state index in [-0.39, 0.29) is 12.4 Å². The monoisotopic (exact) mass is 306 g/mol. The van der Waals surface area contributed by atoms with Crippen LogP contribution in [0.1, 0.15) is 18.1 Å². The van der Waals surface area contributed by atoms with Crippen LogP contribution in [-0.2, 0) is 13.2 Å². The molecule has 0 amide bonds. The predicted octanol–water partition coefficient (Wildman–Crippen LogP) is 0.388. The molecular formula is C17H21ClNO2-. The van der Waals surface area contributed by atoms with Crippen LogP contribution in [0.3, 0.4) is 0 Å². The summed E-state index contributed by atoms with van der Waals surface area (Å²) in [6, 6.07) is 16.1. The highest BCUT2D eigenvalue weighted by molar-refractivity contribution is 5.46. The smallest absolute Gasteiger partial charge is 0.166 e. The number of halogens is 1. The second-order valence-corrected chi connectivity index (χ2v) is 4.48. The zero-order valence-corrected chi connectivity index (χ0v) is 13.2.